The normalized spacial score (nSPS) is 14.4. The van der Waals surface area contributed by atoms with E-state index in [0.717, 1.165) is 33.5 Å². The van der Waals surface area contributed by atoms with Gasteiger partial charge < -0.3 is 10.0 Å². The molecule has 1 amide bonds. The highest BCUT2D eigenvalue weighted by atomic mass is 32.2. The summed E-state index contributed by atoms with van der Waals surface area (Å²) < 4.78 is 0. The zero-order valence-corrected chi connectivity index (χ0v) is 25.6. The van der Waals surface area contributed by atoms with Crippen molar-refractivity contribution < 1.29 is 9.90 Å². The SMILES string of the molecule is C=C.C=CC.CC.CCCN1C(=O)/C(=C(/C)N(C)c2ccccc2S)SC1=Nc1c(O)ccc2ccccc12. The summed E-state index contributed by atoms with van der Waals surface area (Å²) in [5.74, 6) is 0.0206. The number of rotatable bonds is 5. The number of phenolic OH excluding ortho intramolecular Hbond substituents is 1. The van der Waals surface area contributed by atoms with Gasteiger partial charge in [0.2, 0.25) is 0 Å². The largest absolute Gasteiger partial charge is 0.506 e. The summed E-state index contributed by atoms with van der Waals surface area (Å²) in [5.41, 5.74) is 2.23. The molecule has 0 unspecified atom stereocenters. The molecule has 0 bridgehead atoms. The Morgan fingerprint density at radius 2 is 1.69 bits per heavy atom. The average molecular weight is 564 g/mol. The Balaban J connectivity index is 0.000000996. The van der Waals surface area contributed by atoms with Crippen molar-refractivity contribution in [3.8, 4) is 5.75 Å². The molecule has 5 nitrogen and oxygen atoms in total. The molecule has 7 heteroatoms. The van der Waals surface area contributed by atoms with E-state index >= 15 is 0 Å². The van der Waals surface area contributed by atoms with Crippen LogP contribution in [0.15, 0.2) is 107 Å². The van der Waals surface area contributed by atoms with Gasteiger partial charge in [0.05, 0.1) is 10.6 Å². The first-order valence-corrected chi connectivity index (χ1v) is 14.2. The lowest BCUT2D eigenvalue weighted by Crippen LogP contribution is -2.30. The topological polar surface area (TPSA) is 56.1 Å². The molecular formula is C32H41N3O2S2. The number of anilines is 1. The molecule has 4 rings (SSSR count). The number of allylic oxidation sites excluding steroid dienone is 2. The Hall–Kier alpha value is -3.42. The second-order valence-electron chi connectivity index (χ2n) is 7.98. The van der Waals surface area contributed by atoms with Gasteiger partial charge in [0.15, 0.2) is 5.17 Å². The monoisotopic (exact) mass is 563 g/mol. The van der Waals surface area contributed by atoms with E-state index in [9.17, 15) is 9.90 Å². The van der Waals surface area contributed by atoms with Gasteiger partial charge in [0.1, 0.15) is 11.4 Å². The van der Waals surface area contributed by atoms with Crippen LogP contribution in [0.1, 0.15) is 41.0 Å². The number of hydrogen-bond acceptors (Lipinski definition) is 6. The standard InChI is InChI=1S/C25H25N3O2S2.C3H6.C2H6.C2H4/c1-4-15-28-24(30)23(16(2)27(3)19-11-7-8-12-21(19)31)32-25(28)26-22-18-10-6-5-9-17(18)13-14-20(22)29;1-3-2;2*1-2/h5-14,29,31H,4,15H2,1-3H3;3H,1H2,2H3;1-2H3;1-2H2/b23-16+,26-25?;;;. The molecule has 0 aromatic heterocycles. The first kappa shape index (κ1) is 33.6. The summed E-state index contributed by atoms with van der Waals surface area (Å²) in [4.78, 5) is 23.3. The van der Waals surface area contributed by atoms with Crippen molar-refractivity contribution in [2.24, 2.45) is 4.99 Å². The number of carbonyl (C=O) groups excluding carboxylic acids is 1. The third-order valence-corrected chi connectivity index (χ3v) is 7.02. The molecular weight excluding hydrogens is 523 g/mol. The van der Waals surface area contributed by atoms with Crippen LogP contribution in [0.3, 0.4) is 0 Å². The van der Waals surface area contributed by atoms with Crippen LogP contribution >= 0.6 is 24.4 Å². The minimum Gasteiger partial charge on any atom is -0.506 e. The number of nitrogens with zero attached hydrogens (tertiary/aromatic N) is 3. The molecule has 0 spiro atoms. The summed E-state index contributed by atoms with van der Waals surface area (Å²) in [6, 6.07) is 19.1. The number of fused-ring (bicyclic) bond motifs is 1. The van der Waals surface area contributed by atoms with E-state index < -0.39 is 0 Å². The van der Waals surface area contributed by atoms with Crippen LogP contribution in [0.2, 0.25) is 0 Å². The van der Waals surface area contributed by atoms with Crippen LogP contribution in [0.5, 0.6) is 5.75 Å². The molecule has 1 N–H and O–H groups in total. The van der Waals surface area contributed by atoms with E-state index in [4.69, 9.17) is 4.99 Å². The Morgan fingerprint density at radius 1 is 1.10 bits per heavy atom. The molecule has 208 valence electrons. The number of carbonyl (C=O) groups is 1. The second kappa shape index (κ2) is 17.2. The van der Waals surface area contributed by atoms with Crippen molar-refractivity contribution in [1.82, 2.24) is 4.90 Å². The van der Waals surface area contributed by atoms with Crippen molar-refractivity contribution >= 4 is 57.6 Å². The first-order chi connectivity index (χ1) is 18.8. The average Bonchev–Trinajstić information content (AvgIpc) is 3.27. The van der Waals surface area contributed by atoms with Crippen LogP contribution in [0, 0.1) is 0 Å². The molecule has 3 aromatic carbocycles. The number of thioether (sulfide) groups is 1. The number of hydrogen-bond donors (Lipinski definition) is 2. The zero-order chi connectivity index (χ0) is 29.5. The highest BCUT2D eigenvalue weighted by Crippen LogP contribution is 2.41. The highest BCUT2D eigenvalue weighted by molar-refractivity contribution is 8.18. The molecule has 1 aliphatic rings. The smallest absolute Gasteiger partial charge is 0.268 e. The van der Waals surface area contributed by atoms with Crippen LogP contribution in [0.25, 0.3) is 10.8 Å². The fourth-order valence-electron chi connectivity index (χ4n) is 3.67. The van der Waals surface area contributed by atoms with Gasteiger partial charge in [0.25, 0.3) is 5.91 Å². The predicted octanol–water partition coefficient (Wildman–Crippen LogP) is 9.20. The van der Waals surface area contributed by atoms with E-state index in [2.05, 4.69) is 32.4 Å². The lowest BCUT2D eigenvalue weighted by atomic mass is 10.1. The van der Waals surface area contributed by atoms with Gasteiger partial charge in [-0.25, -0.2) is 4.99 Å². The van der Waals surface area contributed by atoms with Crippen molar-refractivity contribution in [3.63, 3.8) is 0 Å². The lowest BCUT2D eigenvalue weighted by Gasteiger charge is -2.22. The number of benzene rings is 3. The molecule has 0 aliphatic carbocycles. The lowest BCUT2D eigenvalue weighted by molar-refractivity contribution is -0.122. The van der Waals surface area contributed by atoms with E-state index in [-0.39, 0.29) is 11.7 Å². The van der Waals surface area contributed by atoms with E-state index in [1.54, 1.807) is 17.0 Å². The molecule has 39 heavy (non-hydrogen) atoms. The molecule has 1 heterocycles. The maximum Gasteiger partial charge on any atom is 0.268 e. The number of para-hydroxylation sites is 1. The van der Waals surface area contributed by atoms with Crippen LogP contribution in [0.4, 0.5) is 11.4 Å². The van der Waals surface area contributed by atoms with Crippen molar-refractivity contribution in [2.75, 3.05) is 18.5 Å². The maximum absolute atomic E-state index is 13.4. The summed E-state index contributed by atoms with van der Waals surface area (Å²) in [5, 5.41) is 13.0. The predicted molar refractivity (Wildman–Crippen MR) is 176 cm³/mol. The van der Waals surface area contributed by atoms with Gasteiger partial charge >= 0.3 is 0 Å². The molecule has 0 saturated carbocycles. The number of amides is 1. The van der Waals surface area contributed by atoms with Gasteiger partial charge in [-0.3, -0.25) is 9.69 Å². The Morgan fingerprint density at radius 3 is 2.31 bits per heavy atom. The van der Waals surface area contributed by atoms with Crippen LogP contribution in [-0.2, 0) is 4.79 Å². The molecule has 0 radical (unpaired) electrons. The molecule has 0 atom stereocenters. The Bertz CT molecular complexity index is 1320. The van der Waals surface area contributed by atoms with Gasteiger partial charge in [-0.15, -0.1) is 32.4 Å². The number of thiol groups is 1. The third-order valence-electron chi connectivity index (χ3n) is 5.47. The van der Waals surface area contributed by atoms with Crippen molar-refractivity contribution in [2.45, 2.75) is 45.9 Å². The number of aromatic hydroxyl groups is 1. The number of amidine groups is 1. The van der Waals surface area contributed by atoms with Crippen molar-refractivity contribution in [3.05, 3.63) is 97.1 Å². The third kappa shape index (κ3) is 8.28. The van der Waals surface area contributed by atoms with Gasteiger partial charge in [-0.2, -0.15) is 0 Å². The van der Waals surface area contributed by atoms with E-state index in [1.807, 2.05) is 101 Å². The van der Waals surface area contributed by atoms with Crippen LogP contribution in [-0.4, -0.2) is 34.7 Å². The minimum atomic E-state index is -0.0729. The molecule has 1 aliphatic heterocycles. The molecule has 3 aromatic rings. The minimum absolute atomic E-state index is 0.0729. The Labute approximate surface area is 244 Å². The van der Waals surface area contributed by atoms with Gasteiger partial charge in [-0.05, 0) is 55.6 Å². The van der Waals surface area contributed by atoms with Gasteiger partial charge in [-0.1, -0.05) is 69.3 Å². The number of aliphatic imine (C=N–C) groups is 1. The van der Waals surface area contributed by atoms with E-state index in [1.165, 1.54) is 11.8 Å². The molecule has 1 fully saturated rings. The van der Waals surface area contributed by atoms with Crippen LogP contribution < -0.4 is 4.90 Å². The molecule has 1 saturated heterocycles. The van der Waals surface area contributed by atoms with E-state index in [0.29, 0.717) is 22.3 Å². The second-order valence-corrected chi connectivity index (χ2v) is 9.44. The Kier molecular flexibility index (Phi) is 14.8. The first-order valence-electron chi connectivity index (χ1n) is 12.9. The number of phenols is 1. The maximum atomic E-state index is 13.4. The summed E-state index contributed by atoms with van der Waals surface area (Å²) in [7, 11) is 1.93. The zero-order valence-electron chi connectivity index (χ0n) is 23.9. The fraction of sp³-hybridized carbons (Fsp3) is 0.250. The summed E-state index contributed by atoms with van der Waals surface area (Å²) in [6.45, 7) is 19.8. The summed E-state index contributed by atoms with van der Waals surface area (Å²) >= 11 is 5.90. The quantitative estimate of drug-likeness (QED) is 0.185. The summed E-state index contributed by atoms with van der Waals surface area (Å²) in [6.07, 6.45) is 2.55. The van der Waals surface area contributed by atoms with Crippen molar-refractivity contribution in [1.29, 1.82) is 0 Å². The van der Waals surface area contributed by atoms with Gasteiger partial charge in [0, 0.05) is 29.6 Å². The fourth-order valence-corrected chi connectivity index (χ4v) is 5.07. The highest BCUT2D eigenvalue weighted by Gasteiger charge is 2.35.